The first-order valence-electron chi connectivity index (χ1n) is 5.20. The molecule has 0 fully saturated rings. The van der Waals surface area contributed by atoms with E-state index in [0.717, 1.165) is 17.7 Å². The van der Waals surface area contributed by atoms with Crippen molar-refractivity contribution < 1.29 is 13.2 Å². The first-order valence-corrected chi connectivity index (χ1v) is 6.85. The van der Waals surface area contributed by atoms with E-state index in [0.29, 0.717) is 6.61 Å². The predicted octanol–water partition coefficient (Wildman–Crippen LogP) is 1.52. The van der Waals surface area contributed by atoms with E-state index in [4.69, 9.17) is 4.74 Å². The first kappa shape index (κ1) is 13.0. The number of sulfonamides is 1. The third-order valence-corrected chi connectivity index (χ3v) is 3.40. The van der Waals surface area contributed by atoms with Crippen LogP contribution in [0.1, 0.15) is 18.9 Å². The normalized spacial score (nSPS) is 11.4. The molecule has 0 aliphatic rings. The molecule has 0 heterocycles. The van der Waals surface area contributed by atoms with Crippen LogP contribution in [0.3, 0.4) is 0 Å². The molecule has 0 amide bonds. The van der Waals surface area contributed by atoms with E-state index in [-0.39, 0.29) is 5.75 Å². The van der Waals surface area contributed by atoms with E-state index >= 15 is 0 Å². The molecule has 0 saturated carbocycles. The lowest BCUT2D eigenvalue weighted by atomic mass is 10.2. The molecular formula is C11H17NO3S. The lowest BCUT2D eigenvalue weighted by Crippen LogP contribution is -2.20. The number of hydrogen-bond acceptors (Lipinski definition) is 3. The van der Waals surface area contributed by atoms with Gasteiger partial charge in [0.2, 0.25) is 10.0 Å². The van der Waals surface area contributed by atoms with Gasteiger partial charge in [-0.25, -0.2) is 13.1 Å². The van der Waals surface area contributed by atoms with Crippen molar-refractivity contribution >= 4 is 10.0 Å². The van der Waals surface area contributed by atoms with Gasteiger partial charge < -0.3 is 4.74 Å². The highest BCUT2D eigenvalue weighted by Crippen LogP contribution is 2.13. The molecule has 90 valence electrons. The summed E-state index contributed by atoms with van der Waals surface area (Å²) in [7, 11) is -1.78. The van der Waals surface area contributed by atoms with Crippen LogP contribution in [0.2, 0.25) is 0 Å². The van der Waals surface area contributed by atoms with Crippen molar-refractivity contribution in [1.29, 1.82) is 0 Å². The second-order valence-corrected chi connectivity index (χ2v) is 5.38. The average molecular weight is 243 g/mol. The second kappa shape index (κ2) is 5.86. The van der Waals surface area contributed by atoms with Crippen molar-refractivity contribution in [1.82, 2.24) is 4.72 Å². The maximum atomic E-state index is 11.3. The van der Waals surface area contributed by atoms with Crippen LogP contribution in [0.5, 0.6) is 5.75 Å². The predicted molar refractivity (Wildman–Crippen MR) is 63.9 cm³/mol. The number of benzene rings is 1. The molecular weight excluding hydrogens is 226 g/mol. The lowest BCUT2D eigenvalue weighted by molar-refractivity contribution is 0.317. The zero-order valence-electron chi connectivity index (χ0n) is 9.56. The van der Waals surface area contributed by atoms with Gasteiger partial charge in [0, 0.05) is 0 Å². The van der Waals surface area contributed by atoms with Gasteiger partial charge in [-0.1, -0.05) is 19.1 Å². The van der Waals surface area contributed by atoms with E-state index in [2.05, 4.69) is 4.72 Å². The molecule has 0 aromatic heterocycles. The summed E-state index contributed by atoms with van der Waals surface area (Å²) in [5, 5.41) is 0. The van der Waals surface area contributed by atoms with Crippen LogP contribution < -0.4 is 9.46 Å². The van der Waals surface area contributed by atoms with Gasteiger partial charge in [0.1, 0.15) is 5.75 Å². The van der Waals surface area contributed by atoms with Crippen LogP contribution in [-0.2, 0) is 15.8 Å². The molecule has 0 radical (unpaired) electrons. The van der Waals surface area contributed by atoms with Crippen LogP contribution in [-0.4, -0.2) is 22.1 Å². The molecule has 0 saturated heterocycles. The highest BCUT2D eigenvalue weighted by molar-refractivity contribution is 7.88. The average Bonchev–Trinajstić information content (AvgIpc) is 2.28. The topological polar surface area (TPSA) is 55.4 Å². The van der Waals surface area contributed by atoms with Crippen molar-refractivity contribution in [3.05, 3.63) is 29.8 Å². The lowest BCUT2D eigenvalue weighted by Gasteiger charge is -2.06. The van der Waals surface area contributed by atoms with Gasteiger partial charge in [-0.05, 0) is 31.2 Å². The van der Waals surface area contributed by atoms with E-state index in [1.165, 1.54) is 7.05 Å². The van der Waals surface area contributed by atoms with Gasteiger partial charge in [0.05, 0.1) is 12.4 Å². The highest BCUT2D eigenvalue weighted by atomic mass is 32.2. The van der Waals surface area contributed by atoms with E-state index < -0.39 is 10.0 Å². The third kappa shape index (κ3) is 4.20. The Balaban J connectivity index is 2.65. The Hall–Kier alpha value is -1.07. The van der Waals surface area contributed by atoms with Crippen LogP contribution in [0.15, 0.2) is 24.3 Å². The zero-order valence-corrected chi connectivity index (χ0v) is 10.4. The Morgan fingerprint density at radius 1 is 1.25 bits per heavy atom. The summed E-state index contributed by atoms with van der Waals surface area (Å²) < 4.78 is 30.2. The minimum atomic E-state index is -3.19. The molecule has 5 heteroatoms. The largest absolute Gasteiger partial charge is 0.494 e. The van der Waals surface area contributed by atoms with Crippen molar-refractivity contribution in [2.24, 2.45) is 0 Å². The molecule has 0 unspecified atom stereocenters. The van der Waals surface area contributed by atoms with Gasteiger partial charge in [-0.3, -0.25) is 0 Å². The Bertz CT molecular complexity index is 411. The smallest absolute Gasteiger partial charge is 0.215 e. The van der Waals surface area contributed by atoms with Gasteiger partial charge >= 0.3 is 0 Å². The Labute approximate surface area is 96.7 Å². The summed E-state index contributed by atoms with van der Waals surface area (Å²) >= 11 is 0. The Kier molecular flexibility index (Phi) is 4.76. The van der Waals surface area contributed by atoms with Gasteiger partial charge in [0.25, 0.3) is 0 Å². The number of hydrogen-bond donors (Lipinski definition) is 1. The van der Waals surface area contributed by atoms with Crippen LogP contribution in [0.4, 0.5) is 0 Å². The molecule has 0 spiro atoms. The maximum Gasteiger partial charge on any atom is 0.215 e. The summed E-state index contributed by atoms with van der Waals surface area (Å²) in [6.45, 7) is 2.71. The van der Waals surface area contributed by atoms with Gasteiger partial charge in [0.15, 0.2) is 0 Å². The van der Waals surface area contributed by atoms with Crippen LogP contribution in [0, 0.1) is 0 Å². The molecule has 1 N–H and O–H groups in total. The highest BCUT2D eigenvalue weighted by Gasteiger charge is 2.07. The standard InChI is InChI=1S/C11H17NO3S/c1-3-8-15-11-6-4-10(5-7-11)9-16(13,14)12-2/h4-7,12H,3,8-9H2,1-2H3. The van der Waals surface area contributed by atoms with Crippen molar-refractivity contribution in [2.45, 2.75) is 19.1 Å². The Morgan fingerprint density at radius 2 is 1.88 bits per heavy atom. The maximum absolute atomic E-state index is 11.3. The summed E-state index contributed by atoms with van der Waals surface area (Å²) in [4.78, 5) is 0. The van der Waals surface area contributed by atoms with Crippen molar-refractivity contribution in [2.75, 3.05) is 13.7 Å². The van der Waals surface area contributed by atoms with Crippen LogP contribution >= 0.6 is 0 Å². The number of nitrogens with one attached hydrogen (secondary N) is 1. The summed E-state index contributed by atoms with van der Waals surface area (Å²) in [6, 6.07) is 7.10. The third-order valence-electron chi connectivity index (χ3n) is 2.06. The summed E-state index contributed by atoms with van der Waals surface area (Å²) in [5.74, 6) is 0.768. The summed E-state index contributed by atoms with van der Waals surface area (Å²) in [6.07, 6.45) is 0.954. The SMILES string of the molecule is CCCOc1ccc(CS(=O)(=O)NC)cc1. The fraction of sp³-hybridized carbons (Fsp3) is 0.455. The van der Waals surface area contributed by atoms with E-state index in [1.54, 1.807) is 24.3 Å². The van der Waals surface area contributed by atoms with Gasteiger partial charge in [-0.2, -0.15) is 0 Å². The molecule has 0 atom stereocenters. The molecule has 0 aliphatic heterocycles. The molecule has 0 aliphatic carbocycles. The number of ether oxygens (including phenoxy) is 1. The molecule has 1 aromatic rings. The van der Waals surface area contributed by atoms with Gasteiger partial charge in [-0.15, -0.1) is 0 Å². The molecule has 1 aromatic carbocycles. The molecule has 16 heavy (non-hydrogen) atoms. The fourth-order valence-corrected chi connectivity index (χ4v) is 1.97. The molecule has 1 rings (SSSR count). The van der Waals surface area contributed by atoms with E-state index in [9.17, 15) is 8.42 Å². The minimum Gasteiger partial charge on any atom is -0.494 e. The van der Waals surface area contributed by atoms with E-state index in [1.807, 2.05) is 6.92 Å². The van der Waals surface area contributed by atoms with Crippen molar-refractivity contribution in [3.63, 3.8) is 0 Å². The minimum absolute atomic E-state index is 0.00242. The first-order chi connectivity index (χ1) is 7.57. The molecule has 4 nitrogen and oxygen atoms in total. The monoisotopic (exact) mass is 243 g/mol. The van der Waals surface area contributed by atoms with Crippen LogP contribution in [0.25, 0.3) is 0 Å². The number of rotatable bonds is 6. The molecule has 0 bridgehead atoms. The summed E-state index contributed by atoms with van der Waals surface area (Å²) in [5.41, 5.74) is 0.748. The second-order valence-electron chi connectivity index (χ2n) is 3.46. The van der Waals surface area contributed by atoms with Crippen molar-refractivity contribution in [3.8, 4) is 5.75 Å². The zero-order chi connectivity index (χ0) is 12.0. The fourth-order valence-electron chi connectivity index (χ4n) is 1.19. The Morgan fingerprint density at radius 3 is 2.38 bits per heavy atom. The quantitative estimate of drug-likeness (QED) is 0.824.